The van der Waals surface area contributed by atoms with Crippen LogP contribution in [0.5, 0.6) is 5.75 Å². The van der Waals surface area contributed by atoms with Crippen molar-refractivity contribution < 1.29 is 14.7 Å². The van der Waals surface area contributed by atoms with Crippen molar-refractivity contribution in [3.8, 4) is 16.9 Å². The Hall–Kier alpha value is -4.18. The van der Waals surface area contributed by atoms with E-state index in [-0.39, 0.29) is 39.0 Å². The zero-order valence-corrected chi connectivity index (χ0v) is 26.2. The van der Waals surface area contributed by atoms with Crippen molar-refractivity contribution in [1.29, 1.82) is 0 Å². The minimum atomic E-state index is -0.646. The van der Waals surface area contributed by atoms with E-state index in [0.29, 0.717) is 22.7 Å². The quantitative estimate of drug-likeness (QED) is 0.137. The molecular formula is C33H35Cl2N5O4. The molecule has 2 aromatic heterocycles. The van der Waals surface area contributed by atoms with Crippen LogP contribution in [0.25, 0.3) is 11.1 Å². The maximum Gasteiger partial charge on any atom is 0.259 e. The fourth-order valence-corrected chi connectivity index (χ4v) is 5.05. The number of carbonyl (C=O) groups is 2. The third-order valence-corrected chi connectivity index (χ3v) is 7.60. The summed E-state index contributed by atoms with van der Waals surface area (Å²) in [7, 11) is 0. The van der Waals surface area contributed by atoms with E-state index in [0.717, 1.165) is 38.9 Å². The molecule has 0 aliphatic carbocycles. The van der Waals surface area contributed by atoms with E-state index >= 15 is 0 Å². The van der Waals surface area contributed by atoms with Crippen molar-refractivity contribution in [2.75, 3.05) is 30.3 Å². The standard InChI is InChI=1S/C33H35Cl2N5O4/c1-3-5-15-39(4-2)16-7-18-40-17-6-8-26(33(40)44)22-9-11-23(12-10-22)31(42)38-30-27(19-25(35)20-28(30)41)32(43)37-29-14-13-24(34)21-36-29/h6,8-14,17,19-21,41H,3-5,7,15-16,18H2,1-2H3,(H,38,42)(H,36,37,43). The fraction of sp³-hybridized carbons (Fsp3) is 0.273. The second-order valence-corrected chi connectivity index (χ2v) is 11.1. The summed E-state index contributed by atoms with van der Waals surface area (Å²) in [6, 6.07) is 15.8. The van der Waals surface area contributed by atoms with Crippen LogP contribution in [0.3, 0.4) is 0 Å². The van der Waals surface area contributed by atoms with Crippen molar-refractivity contribution in [2.24, 2.45) is 0 Å². The first-order valence-electron chi connectivity index (χ1n) is 14.5. The molecule has 4 aromatic rings. The Labute approximate surface area is 266 Å². The summed E-state index contributed by atoms with van der Waals surface area (Å²) in [5.74, 6) is -1.37. The Morgan fingerprint density at radius 1 is 0.932 bits per heavy atom. The molecule has 2 amide bonds. The van der Waals surface area contributed by atoms with Crippen LogP contribution in [0.4, 0.5) is 11.5 Å². The number of anilines is 2. The number of hydrogen-bond acceptors (Lipinski definition) is 6. The molecule has 230 valence electrons. The van der Waals surface area contributed by atoms with Gasteiger partial charge in [0.15, 0.2) is 0 Å². The molecule has 11 heteroatoms. The number of rotatable bonds is 13. The van der Waals surface area contributed by atoms with Gasteiger partial charge < -0.3 is 25.2 Å². The van der Waals surface area contributed by atoms with Gasteiger partial charge in [0.25, 0.3) is 17.4 Å². The zero-order chi connectivity index (χ0) is 31.6. The van der Waals surface area contributed by atoms with E-state index < -0.39 is 11.8 Å². The molecule has 0 bridgehead atoms. The van der Waals surface area contributed by atoms with Gasteiger partial charge in [-0.1, -0.05) is 55.6 Å². The molecule has 0 saturated heterocycles. The van der Waals surface area contributed by atoms with Crippen LogP contribution in [0.2, 0.25) is 10.0 Å². The number of amides is 2. The molecule has 0 aliphatic rings. The van der Waals surface area contributed by atoms with Gasteiger partial charge in [0.1, 0.15) is 11.6 Å². The highest BCUT2D eigenvalue weighted by Gasteiger charge is 2.20. The Bertz CT molecular complexity index is 1660. The van der Waals surface area contributed by atoms with E-state index in [1.165, 1.54) is 24.4 Å². The number of nitrogens with zero attached hydrogens (tertiary/aromatic N) is 3. The Morgan fingerprint density at radius 2 is 1.68 bits per heavy atom. The normalized spacial score (nSPS) is 11.0. The molecule has 2 heterocycles. The average molecular weight is 637 g/mol. The number of aryl methyl sites for hydroxylation is 1. The number of nitrogens with one attached hydrogen (secondary N) is 2. The molecule has 44 heavy (non-hydrogen) atoms. The molecule has 0 atom stereocenters. The summed E-state index contributed by atoms with van der Waals surface area (Å²) in [6.07, 6.45) is 6.36. The smallest absolute Gasteiger partial charge is 0.259 e. The van der Waals surface area contributed by atoms with Crippen molar-refractivity contribution in [1.82, 2.24) is 14.5 Å². The lowest BCUT2D eigenvalue weighted by Crippen LogP contribution is -2.28. The lowest BCUT2D eigenvalue weighted by molar-refractivity contribution is 0.102. The number of aromatic hydroxyl groups is 1. The van der Waals surface area contributed by atoms with Crippen LogP contribution in [0.1, 0.15) is 53.8 Å². The minimum absolute atomic E-state index is 0.0611. The molecule has 0 unspecified atom stereocenters. The van der Waals surface area contributed by atoms with Gasteiger partial charge >= 0.3 is 0 Å². The van der Waals surface area contributed by atoms with Crippen LogP contribution in [-0.2, 0) is 6.54 Å². The van der Waals surface area contributed by atoms with Gasteiger partial charge in [0.05, 0.1) is 16.3 Å². The first kappa shape index (κ1) is 32.7. The van der Waals surface area contributed by atoms with Crippen LogP contribution < -0.4 is 16.2 Å². The van der Waals surface area contributed by atoms with Crippen molar-refractivity contribution in [3.63, 3.8) is 0 Å². The van der Waals surface area contributed by atoms with Gasteiger partial charge in [-0.2, -0.15) is 0 Å². The summed E-state index contributed by atoms with van der Waals surface area (Å²) in [5, 5.41) is 16.3. The molecular weight excluding hydrogens is 601 g/mol. The molecule has 4 rings (SSSR count). The second kappa shape index (κ2) is 15.5. The number of benzene rings is 2. The van der Waals surface area contributed by atoms with Gasteiger partial charge in [-0.15, -0.1) is 0 Å². The first-order chi connectivity index (χ1) is 21.2. The summed E-state index contributed by atoms with van der Waals surface area (Å²) in [4.78, 5) is 45.9. The third-order valence-electron chi connectivity index (χ3n) is 7.16. The van der Waals surface area contributed by atoms with E-state index in [4.69, 9.17) is 23.2 Å². The lowest BCUT2D eigenvalue weighted by atomic mass is 10.0. The number of phenols is 1. The number of carbonyl (C=O) groups excluding carboxylic acids is 2. The molecule has 0 radical (unpaired) electrons. The number of unbranched alkanes of at least 4 members (excludes halogenated alkanes) is 1. The molecule has 0 aliphatic heterocycles. The fourth-order valence-electron chi connectivity index (χ4n) is 4.73. The average Bonchev–Trinajstić information content (AvgIpc) is 3.02. The van der Waals surface area contributed by atoms with Gasteiger partial charge in [-0.25, -0.2) is 4.98 Å². The highest BCUT2D eigenvalue weighted by molar-refractivity contribution is 6.32. The highest BCUT2D eigenvalue weighted by atomic mass is 35.5. The predicted molar refractivity (Wildman–Crippen MR) is 176 cm³/mol. The second-order valence-electron chi connectivity index (χ2n) is 10.3. The number of phenolic OH excluding ortho intramolecular Hbond substituents is 1. The first-order valence-corrected chi connectivity index (χ1v) is 15.2. The topological polar surface area (TPSA) is 117 Å². The maximum absolute atomic E-state index is 13.2. The molecule has 0 spiro atoms. The monoisotopic (exact) mass is 635 g/mol. The number of halogens is 2. The largest absolute Gasteiger partial charge is 0.506 e. The number of hydrogen-bond donors (Lipinski definition) is 3. The molecule has 3 N–H and O–H groups in total. The maximum atomic E-state index is 13.2. The van der Waals surface area contributed by atoms with Crippen LogP contribution >= 0.6 is 23.2 Å². The van der Waals surface area contributed by atoms with E-state index in [2.05, 4.69) is 34.4 Å². The van der Waals surface area contributed by atoms with Gasteiger partial charge in [-0.3, -0.25) is 14.4 Å². The Morgan fingerprint density at radius 3 is 2.36 bits per heavy atom. The lowest BCUT2D eigenvalue weighted by Gasteiger charge is -2.20. The third kappa shape index (κ3) is 8.47. The summed E-state index contributed by atoms with van der Waals surface area (Å²) in [5.41, 5.74) is 1.19. The van der Waals surface area contributed by atoms with E-state index in [1.807, 2.05) is 6.07 Å². The minimum Gasteiger partial charge on any atom is -0.506 e. The zero-order valence-electron chi connectivity index (χ0n) is 24.6. The summed E-state index contributed by atoms with van der Waals surface area (Å²) >= 11 is 12.0. The molecule has 0 saturated carbocycles. The number of pyridine rings is 2. The van der Waals surface area contributed by atoms with Crippen LogP contribution in [-0.4, -0.2) is 51.0 Å². The van der Waals surface area contributed by atoms with E-state index in [1.54, 1.807) is 47.2 Å². The SMILES string of the molecule is CCCCN(CC)CCCn1cccc(-c2ccc(C(=O)Nc3c(O)cc(Cl)cc3C(=O)Nc3ccc(Cl)cn3)cc2)c1=O. The Balaban J connectivity index is 1.47. The summed E-state index contributed by atoms with van der Waals surface area (Å²) in [6.45, 7) is 7.94. The predicted octanol–water partition coefficient (Wildman–Crippen LogP) is 6.94. The van der Waals surface area contributed by atoms with Gasteiger partial charge in [0.2, 0.25) is 0 Å². The summed E-state index contributed by atoms with van der Waals surface area (Å²) < 4.78 is 1.72. The van der Waals surface area contributed by atoms with Gasteiger partial charge in [-0.05, 0) is 80.5 Å². The van der Waals surface area contributed by atoms with Crippen molar-refractivity contribution in [3.05, 3.63) is 105 Å². The van der Waals surface area contributed by atoms with Crippen LogP contribution in [0.15, 0.2) is 77.9 Å². The van der Waals surface area contributed by atoms with Crippen molar-refractivity contribution in [2.45, 2.75) is 39.7 Å². The van der Waals surface area contributed by atoms with E-state index in [9.17, 15) is 19.5 Å². The molecule has 2 aromatic carbocycles. The number of aromatic nitrogens is 2. The molecule has 0 fully saturated rings. The molecule has 9 nitrogen and oxygen atoms in total. The van der Waals surface area contributed by atoms with Crippen molar-refractivity contribution >= 4 is 46.5 Å². The Kier molecular flexibility index (Phi) is 11.5. The van der Waals surface area contributed by atoms with Crippen LogP contribution in [0, 0.1) is 0 Å². The highest BCUT2D eigenvalue weighted by Crippen LogP contribution is 2.32. The van der Waals surface area contributed by atoms with Gasteiger partial charge in [0, 0.05) is 41.2 Å².